The van der Waals surface area contributed by atoms with Crippen molar-refractivity contribution in [3.05, 3.63) is 95.1 Å². The number of benzene rings is 3. The van der Waals surface area contributed by atoms with Gasteiger partial charge in [0.05, 0.1) is 12.7 Å². The average molecular weight is 452 g/mol. The van der Waals surface area contributed by atoms with Crippen molar-refractivity contribution < 1.29 is 27.4 Å². The van der Waals surface area contributed by atoms with E-state index < -0.39 is 17.6 Å². The lowest BCUT2D eigenvalue weighted by Crippen LogP contribution is -2.14. The molecule has 33 heavy (non-hydrogen) atoms. The molecule has 3 rings (SSSR count). The second kappa shape index (κ2) is 10.4. The van der Waals surface area contributed by atoms with Crippen LogP contribution in [0.3, 0.4) is 0 Å². The van der Waals surface area contributed by atoms with E-state index in [0.717, 1.165) is 17.7 Å². The number of nitrogens with zero attached hydrogens (tertiary/aromatic N) is 1. The Bertz CT molecular complexity index is 1200. The van der Waals surface area contributed by atoms with Crippen molar-refractivity contribution in [3.63, 3.8) is 0 Å². The monoisotopic (exact) mass is 452 g/mol. The van der Waals surface area contributed by atoms with Crippen LogP contribution < -0.4 is 14.8 Å². The average Bonchev–Trinajstić information content (AvgIpc) is 2.81. The van der Waals surface area contributed by atoms with Crippen molar-refractivity contribution in [1.82, 2.24) is 0 Å². The van der Waals surface area contributed by atoms with Crippen molar-refractivity contribution in [3.8, 4) is 17.6 Å². The van der Waals surface area contributed by atoms with Gasteiger partial charge < -0.3 is 14.8 Å². The molecular weight excluding hydrogens is 433 g/mol. The van der Waals surface area contributed by atoms with Crippen LogP contribution in [0.2, 0.25) is 0 Å². The quantitative estimate of drug-likeness (QED) is 0.361. The number of carbonyl (C=O) groups is 1. The number of amides is 1. The third-order valence-electron chi connectivity index (χ3n) is 4.55. The molecule has 1 N–H and O–H groups in total. The van der Waals surface area contributed by atoms with Crippen LogP contribution in [-0.4, -0.2) is 13.0 Å². The molecule has 1 amide bonds. The molecule has 0 fully saturated rings. The Morgan fingerprint density at radius 2 is 1.79 bits per heavy atom. The van der Waals surface area contributed by atoms with E-state index in [1.807, 2.05) is 30.3 Å². The third-order valence-corrected chi connectivity index (χ3v) is 4.55. The van der Waals surface area contributed by atoms with Crippen LogP contribution in [-0.2, 0) is 17.6 Å². The molecule has 5 nitrogen and oxygen atoms in total. The second-order valence-electron chi connectivity index (χ2n) is 6.89. The molecule has 168 valence electrons. The smallest absolute Gasteiger partial charge is 0.416 e. The summed E-state index contributed by atoms with van der Waals surface area (Å²) >= 11 is 0. The highest BCUT2D eigenvalue weighted by molar-refractivity contribution is 6.09. The minimum Gasteiger partial charge on any atom is -0.493 e. The van der Waals surface area contributed by atoms with Gasteiger partial charge >= 0.3 is 6.18 Å². The standard InChI is InChI=1S/C25H19F3N2O3/c1-32-22-11-10-18(13-23(22)33-16-17-6-3-2-4-7-17)12-19(15-29)24(31)30-21-9-5-8-20(14-21)25(26,27)28/h2-14H,16H2,1H3,(H,30,31)/b19-12-. The summed E-state index contributed by atoms with van der Waals surface area (Å²) in [5.74, 6) is 0.0417. The van der Waals surface area contributed by atoms with Crippen LogP contribution in [0.4, 0.5) is 18.9 Å². The van der Waals surface area contributed by atoms with Crippen LogP contribution in [0, 0.1) is 11.3 Å². The van der Waals surface area contributed by atoms with E-state index in [4.69, 9.17) is 9.47 Å². The summed E-state index contributed by atoms with van der Waals surface area (Å²) in [5.41, 5.74) is 0.163. The molecule has 0 unspecified atom stereocenters. The van der Waals surface area contributed by atoms with Gasteiger partial charge in [-0.15, -0.1) is 0 Å². The van der Waals surface area contributed by atoms with Gasteiger partial charge in [-0.3, -0.25) is 4.79 Å². The molecule has 0 spiro atoms. The number of rotatable bonds is 7. The number of carbonyl (C=O) groups excluding carboxylic acids is 1. The first-order valence-corrected chi connectivity index (χ1v) is 9.75. The highest BCUT2D eigenvalue weighted by atomic mass is 19.4. The molecule has 0 heterocycles. The lowest BCUT2D eigenvalue weighted by Gasteiger charge is -2.12. The number of methoxy groups -OCH3 is 1. The lowest BCUT2D eigenvalue weighted by molar-refractivity contribution is -0.137. The maximum absolute atomic E-state index is 12.9. The van der Waals surface area contributed by atoms with E-state index in [2.05, 4.69) is 5.32 Å². The molecule has 0 aliphatic heterocycles. The number of halogens is 3. The van der Waals surface area contributed by atoms with E-state index in [1.165, 1.54) is 25.3 Å². The number of anilines is 1. The third kappa shape index (κ3) is 6.37. The molecule has 3 aromatic rings. The second-order valence-corrected chi connectivity index (χ2v) is 6.89. The van der Waals surface area contributed by atoms with Crippen molar-refractivity contribution in [2.24, 2.45) is 0 Å². The first-order chi connectivity index (χ1) is 15.8. The number of nitrogens with one attached hydrogen (secondary N) is 1. The Hall–Kier alpha value is -4.25. The van der Waals surface area contributed by atoms with E-state index in [0.29, 0.717) is 17.1 Å². The lowest BCUT2D eigenvalue weighted by atomic mass is 10.1. The number of alkyl halides is 3. The van der Waals surface area contributed by atoms with E-state index >= 15 is 0 Å². The Labute approximate surface area is 188 Å². The van der Waals surface area contributed by atoms with E-state index in [9.17, 15) is 23.2 Å². The first kappa shape index (κ1) is 23.4. The minimum absolute atomic E-state index is 0.0717. The topological polar surface area (TPSA) is 71.3 Å². The Kier molecular flexibility index (Phi) is 7.36. The van der Waals surface area contributed by atoms with Gasteiger partial charge in [0.2, 0.25) is 0 Å². The van der Waals surface area contributed by atoms with Gasteiger partial charge in [-0.25, -0.2) is 0 Å². The Balaban J connectivity index is 1.80. The van der Waals surface area contributed by atoms with Crippen LogP contribution in [0.5, 0.6) is 11.5 Å². The predicted molar refractivity (Wildman–Crippen MR) is 117 cm³/mol. The maximum Gasteiger partial charge on any atom is 0.416 e. The molecule has 0 aliphatic carbocycles. The van der Waals surface area contributed by atoms with Gasteiger partial charge in [0.25, 0.3) is 5.91 Å². The van der Waals surface area contributed by atoms with Gasteiger partial charge in [-0.05, 0) is 47.5 Å². The Morgan fingerprint density at radius 1 is 1.03 bits per heavy atom. The maximum atomic E-state index is 12.9. The largest absolute Gasteiger partial charge is 0.493 e. The summed E-state index contributed by atoms with van der Waals surface area (Å²) in [6.45, 7) is 0.283. The molecule has 0 bridgehead atoms. The van der Waals surface area contributed by atoms with Crippen LogP contribution in [0.15, 0.2) is 78.4 Å². The summed E-state index contributed by atoms with van der Waals surface area (Å²) in [5, 5.41) is 11.8. The predicted octanol–water partition coefficient (Wildman–Crippen LogP) is 5.84. The fourth-order valence-electron chi connectivity index (χ4n) is 2.92. The molecule has 0 radical (unpaired) electrons. The summed E-state index contributed by atoms with van der Waals surface area (Å²) in [4.78, 5) is 12.5. The zero-order valence-electron chi connectivity index (χ0n) is 17.5. The number of hydrogen-bond donors (Lipinski definition) is 1. The highest BCUT2D eigenvalue weighted by Gasteiger charge is 2.30. The van der Waals surface area contributed by atoms with Crippen molar-refractivity contribution in [2.45, 2.75) is 12.8 Å². The highest BCUT2D eigenvalue weighted by Crippen LogP contribution is 2.31. The number of nitriles is 1. The molecule has 3 aromatic carbocycles. The molecule has 0 saturated heterocycles. The van der Waals surface area contributed by atoms with E-state index in [-0.39, 0.29) is 17.9 Å². The summed E-state index contributed by atoms with van der Waals surface area (Å²) in [6.07, 6.45) is -3.23. The zero-order chi connectivity index (χ0) is 23.8. The fourth-order valence-corrected chi connectivity index (χ4v) is 2.92. The molecule has 0 atom stereocenters. The summed E-state index contributed by atoms with van der Waals surface area (Å²) in [6, 6.07) is 20.3. The van der Waals surface area contributed by atoms with Gasteiger partial charge in [0.15, 0.2) is 11.5 Å². The molecule has 0 aromatic heterocycles. The molecule has 0 aliphatic rings. The van der Waals surface area contributed by atoms with Crippen LogP contribution in [0.25, 0.3) is 6.08 Å². The van der Waals surface area contributed by atoms with Crippen molar-refractivity contribution >= 4 is 17.7 Å². The fraction of sp³-hybridized carbons (Fsp3) is 0.120. The molecule has 8 heteroatoms. The minimum atomic E-state index is -4.55. The molecule has 0 saturated carbocycles. The Morgan fingerprint density at radius 3 is 2.45 bits per heavy atom. The van der Waals surface area contributed by atoms with Crippen molar-refractivity contribution in [1.29, 1.82) is 5.26 Å². The first-order valence-electron chi connectivity index (χ1n) is 9.75. The zero-order valence-corrected chi connectivity index (χ0v) is 17.5. The number of ether oxygens (including phenoxy) is 2. The number of hydrogen-bond acceptors (Lipinski definition) is 4. The van der Waals surface area contributed by atoms with Crippen LogP contribution in [0.1, 0.15) is 16.7 Å². The summed E-state index contributed by atoms with van der Waals surface area (Å²) in [7, 11) is 1.49. The van der Waals surface area contributed by atoms with E-state index in [1.54, 1.807) is 24.3 Å². The van der Waals surface area contributed by atoms with Crippen molar-refractivity contribution in [2.75, 3.05) is 12.4 Å². The SMILES string of the molecule is COc1ccc(/C=C(/C#N)C(=O)Nc2cccc(C(F)(F)F)c2)cc1OCc1ccccc1. The van der Waals surface area contributed by atoms with Gasteiger partial charge in [-0.1, -0.05) is 42.5 Å². The van der Waals surface area contributed by atoms with Crippen LogP contribution >= 0.6 is 0 Å². The molecular formula is C25H19F3N2O3. The van der Waals surface area contributed by atoms with Gasteiger partial charge in [0.1, 0.15) is 18.2 Å². The normalized spacial score (nSPS) is 11.4. The van der Waals surface area contributed by atoms with Gasteiger partial charge in [-0.2, -0.15) is 18.4 Å². The summed E-state index contributed by atoms with van der Waals surface area (Å²) < 4.78 is 49.8. The van der Waals surface area contributed by atoms with Gasteiger partial charge in [0, 0.05) is 5.69 Å².